The van der Waals surface area contributed by atoms with Crippen LogP contribution in [0.5, 0.6) is 0 Å². The van der Waals surface area contributed by atoms with Gasteiger partial charge in [-0.1, -0.05) is 40.7 Å². The maximum Gasteiger partial charge on any atom is 0.338 e. The Morgan fingerprint density at radius 3 is 2.58 bits per heavy atom. The van der Waals surface area contributed by atoms with Gasteiger partial charge in [0.25, 0.3) is 0 Å². The quantitative estimate of drug-likeness (QED) is 0.454. The molecule has 6 saturated heterocycles. The molecule has 8 nitrogen and oxygen atoms in total. The van der Waals surface area contributed by atoms with Gasteiger partial charge in [0.2, 0.25) is 0 Å². The zero-order chi connectivity index (χ0) is 24.9. The average Bonchev–Trinajstić information content (AvgIpc) is 3.28. The summed E-state index contributed by atoms with van der Waals surface area (Å²) in [6.45, 7) is 4.05. The lowest BCUT2D eigenvalue weighted by Gasteiger charge is -2.47. The molecule has 6 aliphatic rings. The van der Waals surface area contributed by atoms with Gasteiger partial charge in [0.1, 0.15) is 36.6 Å². The lowest BCUT2D eigenvalue weighted by Crippen LogP contribution is -2.61. The van der Waals surface area contributed by atoms with Crippen molar-refractivity contribution in [2.75, 3.05) is 6.61 Å². The molecule has 0 amide bonds. The van der Waals surface area contributed by atoms with E-state index in [9.17, 15) is 9.90 Å². The maximum absolute atomic E-state index is 12.7. The van der Waals surface area contributed by atoms with E-state index in [0.29, 0.717) is 37.7 Å². The first-order chi connectivity index (χ1) is 17.4. The number of halogens is 1. The minimum absolute atomic E-state index is 0.0148. The van der Waals surface area contributed by atoms with Gasteiger partial charge in [0.15, 0.2) is 5.79 Å². The van der Waals surface area contributed by atoms with Crippen molar-refractivity contribution in [2.45, 2.75) is 106 Å². The first-order valence-electron chi connectivity index (χ1n) is 13.0. The van der Waals surface area contributed by atoms with Crippen LogP contribution in [0, 0.1) is 0 Å². The fraction of sp³-hybridized carbons (Fsp3) is 0.667. The Hall–Kier alpha value is -1.33. The Balaban J connectivity index is 1.18. The third-order valence-corrected chi connectivity index (χ3v) is 8.38. The van der Waals surface area contributed by atoms with Crippen molar-refractivity contribution < 1.29 is 38.3 Å². The second-order valence-electron chi connectivity index (χ2n) is 10.5. The molecule has 0 spiro atoms. The summed E-state index contributed by atoms with van der Waals surface area (Å²) in [5.74, 6) is -1.21. The molecule has 6 fully saturated rings. The highest BCUT2D eigenvalue weighted by Gasteiger charge is 2.68. The third-order valence-electron chi connectivity index (χ3n) is 8.06. The van der Waals surface area contributed by atoms with Crippen LogP contribution in [0.2, 0.25) is 0 Å². The number of aliphatic hydroxyl groups is 1. The van der Waals surface area contributed by atoms with Crippen LogP contribution < -0.4 is 0 Å². The monoisotopic (exact) mass is 564 g/mol. The van der Waals surface area contributed by atoms with E-state index in [1.165, 1.54) is 0 Å². The number of fused-ring (bicyclic) bond motifs is 1. The van der Waals surface area contributed by atoms with Crippen molar-refractivity contribution in [3.8, 4) is 0 Å². The van der Waals surface area contributed by atoms with E-state index >= 15 is 0 Å². The molecule has 6 aliphatic heterocycles. The van der Waals surface area contributed by atoms with Gasteiger partial charge >= 0.3 is 5.97 Å². The third kappa shape index (κ3) is 4.68. The summed E-state index contributed by atoms with van der Waals surface area (Å²) in [6, 6.07) is 8.99. The molecule has 0 aliphatic carbocycles. The topological polar surface area (TPSA) is 92.7 Å². The van der Waals surface area contributed by atoms with Crippen molar-refractivity contribution in [1.82, 2.24) is 0 Å². The fourth-order valence-electron chi connectivity index (χ4n) is 6.46. The number of aliphatic hydroxyl groups excluding tert-OH is 1. The molecule has 196 valence electrons. The van der Waals surface area contributed by atoms with E-state index in [2.05, 4.69) is 22.5 Å². The van der Waals surface area contributed by atoms with E-state index in [4.69, 9.17) is 28.4 Å². The molecule has 6 unspecified atom stereocenters. The molecule has 1 aromatic rings. The normalized spacial score (nSPS) is 40.9. The molecule has 0 saturated carbocycles. The van der Waals surface area contributed by atoms with Crippen molar-refractivity contribution >= 4 is 21.9 Å². The van der Waals surface area contributed by atoms with Gasteiger partial charge in [0.05, 0.1) is 23.9 Å². The molecule has 0 radical (unpaired) electrons. The average molecular weight is 565 g/mol. The summed E-state index contributed by atoms with van der Waals surface area (Å²) >= 11 is 3.43. The molecule has 6 heterocycles. The van der Waals surface area contributed by atoms with Crippen molar-refractivity contribution in [3.05, 3.63) is 47.0 Å². The predicted octanol–water partition coefficient (Wildman–Crippen LogP) is 3.64. The number of ether oxygens (including phenoxy) is 6. The summed E-state index contributed by atoms with van der Waals surface area (Å²) in [7, 11) is 0. The Bertz CT molecular complexity index is 974. The van der Waals surface area contributed by atoms with Gasteiger partial charge in [-0.05, 0) is 42.3 Å². The van der Waals surface area contributed by atoms with Crippen LogP contribution in [0.3, 0.4) is 0 Å². The molecule has 0 aromatic heterocycles. The second-order valence-corrected chi connectivity index (χ2v) is 11.6. The van der Waals surface area contributed by atoms with Crippen molar-refractivity contribution in [1.29, 1.82) is 0 Å². The summed E-state index contributed by atoms with van der Waals surface area (Å²) < 4.78 is 39.2. The summed E-state index contributed by atoms with van der Waals surface area (Å²) in [5.41, 5.74) is 0.516. The molecule has 9 heteroatoms. The van der Waals surface area contributed by atoms with Crippen LogP contribution in [-0.4, -0.2) is 78.4 Å². The Labute approximate surface area is 219 Å². The summed E-state index contributed by atoms with van der Waals surface area (Å²) in [4.78, 5) is 12.7. The zero-order valence-corrected chi connectivity index (χ0v) is 21.7. The zero-order valence-electron chi connectivity index (χ0n) is 20.1. The number of carbonyl (C=O) groups is 1. The number of carbonyl (C=O) groups excluding carboxylic acids is 1. The highest BCUT2D eigenvalue weighted by atomic mass is 79.9. The number of hydrogen-bond acceptors (Lipinski definition) is 8. The second kappa shape index (κ2) is 10.1. The van der Waals surface area contributed by atoms with Crippen LogP contribution >= 0.6 is 15.9 Å². The van der Waals surface area contributed by atoms with Gasteiger partial charge in [-0.15, -0.1) is 0 Å². The highest BCUT2D eigenvalue weighted by molar-refractivity contribution is 9.11. The predicted molar refractivity (Wildman–Crippen MR) is 132 cm³/mol. The van der Waals surface area contributed by atoms with Crippen LogP contribution in [0.1, 0.15) is 55.3 Å². The van der Waals surface area contributed by atoms with Crippen LogP contribution in [0.4, 0.5) is 0 Å². The molecule has 10 atom stereocenters. The molecule has 6 bridgehead atoms. The first-order valence-corrected chi connectivity index (χ1v) is 13.8. The Morgan fingerprint density at radius 2 is 1.81 bits per heavy atom. The Morgan fingerprint density at radius 1 is 1.06 bits per heavy atom. The van der Waals surface area contributed by atoms with Crippen LogP contribution in [0.15, 0.2) is 41.4 Å². The molecule has 1 N–H and O–H groups in total. The standard InChI is InChI=1S/C27H33BrO8/c1-15(28)13-18(32-26(30)16-5-3-2-4-6-16)9-11-27-14-20-22(35-27)23-24(34-20)25(36-27)21-19(33-23)8-7-17(31-21)10-12-29/h2-6,17-25,29H,1,7-14H2/t17?,18?,19?,20?,21-,22?,23-,24?,25+,27-/m0/s1. The van der Waals surface area contributed by atoms with Crippen LogP contribution in [0.25, 0.3) is 0 Å². The first kappa shape index (κ1) is 25.0. The summed E-state index contributed by atoms with van der Waals surface area (Å²) in [5, 5.41) is 9.42. The van der Waals surface area contributed by atoms with Crippen molar-refractivity contribution in [3.63, 3.8) is 0 Å². The number of esters is 1. The van der Waals surface area contributed by atoms with E-state index < -0.39 is 5.79 Å². The lowest BCUT2D eigenvalue weighted by molar-refractivity contribution is -0.293. The molecule has 1 aromatic carbocycles. The maximum atomic E-state index is 12.7. The molecular formula is C27H33BrO8. The largest absolute Gasteiger partial charge is 0.458 e. The number of hydrogen-bond donors (Lipinski definition) is 1. The summed E-state index contributed by atoms with van der Waals surface area (Å²) in [6.07, 6.45) is 2.84. The van der Waals surface area contributed by atoms with Gasteiger partial charge < -0.3 is 33.5 Å². The fourth-order valence-corrected chi connectivity index (χ4v) is 6.82. The number of benzene rings is 1. The van der Waals surface area contributed by atoms with Gasteiger partial charge in [-0.2, -0.15) is 0 Å². The lowest BCUT2D eigenvalue weighted by atomic mass is 9.87. The van der Waals surface area contributed by atoms with E-state index in [1.807, 2.05) is 18.2 Å². The van der Waals surface area contributed by atoms with Gasteiger partial charge in [-0.3, -0.25) is 0 Å². The number of rotatable bonds is 9. The minimum Gasteiger partial charge on any atom is -0.458 e. The molecule has 7 rings (SSSR count). The highest BCUT2D eigenvalue weighted by Crippen LogP contribution is 2.54. The molecular weight excluding hydrogens is 532 g/mol. The Kier molecular flexibility index (Phi) is 7.00. The van der Waals surface area contributed by atoms with E-state index in [-0.39, 0.29) is 67.5 Å². The molecule has 36 heavy (non-hydrogen) atoms. The smallest absolute Gasteiger partial charge is 0.338 e. The minimum atomic E-state index is -0.847. The van der Waals surface area contributed by atoms with Gasteiger partial charge in [0, 0.05) is 25.9 Å². The van der Waals surface area contributed by atoms with E-state index in [1.54, 1.807) is 12.1 Å². The van der Waals surface area contributed by atoms with Crippen molar-refractivity contribution in [2.24, 2.45) is 0 Å². The van der Waals surface area contributed by atoms with E-state index in [0.717, 1.165) is 17.3 Å². The van der Waals surface area contributed by atoms with Crippen LogP contribution in [-0.2, 0) is 28.4 Å². The van der Waals surface area contributed by atoms with Gasteiger partial charge in [-0.25, -0.2) is 4.79 Å². The SMILES string of the molecule is C=C(Br)CC(CC[C@@]12CC3OC4[C@@H](OC5CCC(CCO)O[C@@H]5[C@H]4O1)C3O2)OC(=O)c1ccccc1.